The van der Waals surface area contributed by atoms with E-state index in [0.29, 0.717) is 6.54 Å². The first kappa shape index (κ1) is 10.3. The van der Waals surface area contributed by atoms with Gasteiger partial charge >= 0.3 is 0 Å². The molecule has 1 atom stereocenters. The fourth-order valence-electron chi connectivity index (χ4n) is 1.47. The van der Waals surface area contributed by atoms with Crippen LogP contribution in [0.2, 0.25) is 0 Å². The molecule has 1 aliphatic rings. The van der Waals surface area contributed by atoms with E-state index in [-0.39, 0.29) is 0 Å². The summed E-state index contributed by atoms with van der Waals surface area (Å²) in [6, 6.07) is 0. The van der Waals surface area contributed by atoms with Gasteiger partial charge in [-0.05, 0) is 32.1 Å². The minimum absolute atomic E-state index is 0.695. The Kier molecular flexibility index (Phi) is 4.55. The molecule has 0 radical (unpaired) electrons. The molecule has 1 nitrogen and oxygen atoms in total. The van der Waals surface area contributed by atoms with Crippen LogP contribution in [0.25, 0.3) is 0 Å². The molecule has 0 aromatic carbocycles. The Morgan fingerprint density at radius 3 is 3.00 bits per heavy atom. The summed E-state index contributed by atoms with van der Waals surface area (Å²) in [7, 11) is 0. The molecule has 0 spiro atoms. The van der Waals surface area contributed by atoms with E-state index in [4.69, 9.17) is 5.73 Å². The summed E-state index contributed by atoms with van der Waals surface area (Å²) in [4.78, 5) is 0. The van der Waals surface area contributed by atoms with E-state index in [1.807, 2.05) is 0 Å². The molecular formula is C12H19N. The summed E-state index contributed by atoms with van der Waals surface area (Å²) in [6.07, 6.45) is 14.7. The number of hydrogen-bond donors (Lipinski definition) is 1. The topological polar surface area (TPSA) is 26.0 Å². The SMILES string of the molecule is C/C(=C/CCC1C=CC=CC1)CN. The highest BCUT2D eigenvalue weighted by Crippen LogP contribution is 2.17. The molecule has 0 fully saturated rings. The van der Waals surface area contributed by atoms with Crippen LogP contribution in [0, 0.1) is 5.92 Å². The summed E-state index contributed by atoms with van der Waals surface area (Å²) < 4.78 is 0. The van der Waals surface area contributed by atoms with Gasteiger partial charge < -0.3 is 5.73 Å². The monoisotopic (exact) mass is 177 g/mol. The molecule has 72 valence electrons. The van der Waals surface area contributed by atoms with E-state index < -0.39 is 0 Å². The summed E-state index contributed by atoms with van der Waals surface area (Å²) in [5, 5.41) is 0. The molecule has 13 heavy (non-hydrogen) atoms. The van der Waals surface area contributed by atoms with Crippen molar-refractivity contribution in [1.82, 2.24) is 0 Å². The molecule has 0 saturated heterocycles. The normalized spacial score (nSPS) is 22.3. The van der Waals surface area contributed by atoms with Gasteiger partial charge in [0.05, 0.1) is 0 Å². The van der Waals surface area contributed by atoms with Crippen LogP contribution >= 0.6 is 0 Å². The van der Waals surface area contributed by atoms with Crippen LogP contribution in [-0.2, 0) is 0 Å². The second-order valence-corrected chi connectivity index (χ2v) is 3.64. The van der Waals surface area contributed by atoms with Gasteiger partial charge in [-0.25, -0.2) is 0 Å². The van der Waals surface area contributed by atoms with Gasteiger partial charge in [-0.15, -0.1) is 0 Å². The van der Waals surface area contributed by atoms with E-state index in [9.17, 15) is 0 Å². The molecule has 0 aliphatic heterocycles. The van der Waals surface area contributed by atoms with Crippen LogP contribution in [-0.4, -0.2) is 6.54 Å². The number of hydrogen-bond acceptors (Lipinski definition) is 1. The van der Waals surface area contributed by atoms with E-state index in [1.165, 1.54) is 18.4 Å². The highest BCUT2D eigenvalue weighted by atomic mass is 14.5. The summed E-state index contributed by atoms with van der Waals surface area (Å²) in [5.74, 6) is 0.742. The second-order valence-electron chi connectivity index (χ2n) is 3.64. The lowest BCUT2D eigenvalue weighted by Gasteiger charge is -2.10. The van der Waals surface area contributed by atoms with Crippen LogP contribution in [0.5, 0.6) is 0 Å². The van der Waals surface area contributed by atoms with Gasteiger partial charge in [0, 0.05) is 6.54 Å². The quantitative estimate of drug-likeness (QED) is 0.656. The molecule has 0 bridgehead atoms. The van der Waals surface area contributed by atoms with Crippen LogP contribution in [0.3, 0.4) is 0 Å². The molecule has 0 amide bonds. The van der Waals surface area contributed by atoms with Crippen LogP contribution in [0.4, 0.5) is 0 Å². The van der Waals surface area contributed by atoms with E-state index in [2.05, 4.69) is 37.3 Å². The maximum atomic E-state index is 5.50. The molecule has 0 heterocycles. The van der Waals surface area contributed by atoms with Crippen LogP contribution in [0.15, 0.2) is 36.0 Å². The lowest BCUT2D eigenvalue weighted by Crippen LogP contribution is -2.00. The summed E-state index contributed by atoms with van der Waals surface area (Å²) in [6.45, 7) is 2.79. The zero-order chi connectivity index (χ0) is 9.52. The zero-order valence-corrected chi connectivity index (χ0v) is 8.37. The van der Waals surface area contributed by atoms with Gasteiger partial charge in [0.25, 0.3) is 0 Å². The van der Waals surface area contributed by atoms with Crippen molar-refractivity contribution in [1.29, 1.82) is 0 Å². The Labute approximate surface area is 81.0 Å². The van der Waals surface area contributed by atoms with Crippen molar-refractivity contribution in [3.8, 4) is 0 Å². The average Bonchev–Trinajstić information content (AvgIpc) is 2.19. The highest BCUT2D eigenvalue weighted by Gasteiger charge is 2.02. The third kappa shape index (κ3) is 4.09. The predicted molar refractivity (Wildman–Crippen MR) is 58.4 cm³/mol. The molecule has 1 aliphatic carbocycles. The fraction of sp³-hybridized carbons (Fsp3) is 0.500. The molecule has 1 heteroatoms. The van der Waals surface area contributed by atoms with Crippen molar-refractivity contribution in [2.45, 2.75) is 26.2 Å². The minimum Gasteiger partial charge on any atom is -0.327 e. The smallest absolute Gasteiger partial charge is 0.0134 e. The third-order valence-electron chi connectivity index (χ3n) is 2.42. The maximum absolute atomic E-state index is 5.50. The Balaban J connectivity index is 2.19. The molecular weight excluding hydrogens is 158 g/mol. The molecule has 2 N–H and O–H groups in total. The number of allylic oxidation sites excluding steroid dienone is 5. The Hall–Kier alpha value is -0.820. The van der Waals surface area contributed by atoms with Gasteiger partial charge in [0.2, 0.25) is 0 Å². The predicted octanol–water partition coefficient (Wildman–Crippen LogP) is 2.80. The Morgan fingerprint density at radius 1 is 1.54 bits per heavy atom. The van der Waals surface area contributed by atoms with Crippen molar-refractivity contribution in [2.24, 2.45) is 11.7 Å². The zero-order valence-electron chi connectivity index (χ0n) is 8.37. The fourth-order valence-corrected chi connectivity index (χ4v) is 1.47. The third-order valence-corrected chi connectivity index (χ3v) is 2.42. The highest BCUT2D eigenvalue weighted by molar-refractivity contribution is 5.11. The van der Waals surface area contributed by atoms with Crippen molar-refractivity contribution in [2.75, 3.05) is 6.54 Å². The number of nitrogens with two attached hydrogens (primary N) is 1. The van der Waals surface area contributed by atoms with Gasteiger partial charge in [0.1, 0.15) is 0 Å². The van der Waals surface area contributed by atoms with Gasteiger partial charge in [0.15, 0.2) is 0 Å². The lowest BCUT2D eigenvalue weighted by atomic mass is 9.95. The van der Waals surface area contributed by atoms with E-state index in [0.717, 1.165) is 12.3 Å². The van der Waals surface area contributed by atoms with E-state index >= 15 is 0 Å². The minimum atomic E-state index is 0.695. The lowest BCUT2D eigenvalue weighted by molar-refractivity contribution is 0.601. The van der Waals surface area contributed by atoms with Gasteiger partial charge in [-0.1, -0.05) is 36.0 Å². The maximum Gasteiger partial charge on any atom is 0.0134 e. The molecule has 0 aromatic heterocycles. The molecule has 1 unspecified atom stereocenters. The van der Waals surface area contributed by atoms with Crippen molar-refractivity contribution >= 4 is 0 Å². The van der Waals surface area contributed by atoms with Crippen LogP contribution < -0.4 is 5.73 Å². The average molecular weight is 177 g/mol. The summed E-state index contributed by atoms with van der Waals surface area (Å²) in [5.41, 5.74) is 6.80. The Morgan fingerprint density at radius 2 is 2.38 bits per heavy atom. The standard InChI is InChI=1S/C12H19N/c1-11(10-13)6-5-9-12-7-3-2-4-8-12/h2-4,6-7,12H,5,8-10,13H2,1H3/b11-6-. The molecule has 0 saturated carbocycles. The first-order valence-electron chi connectivity index (χ1n) is 5.02. The van der Waals surface area contributed by atoms with Crippen LogP contribution in [0.1, 0.15) is 26.2 Å². The molecule has 1 rings (SSSR count). The number of rotatable bonds is 4. The Bertz CT molecular complexity index is 223. The largest absolute Gasteiger partial charge is 0.327 e. The second kappa shape index (κ2) is 5.76. The summed E-state index contributed by atoms with van der Waals surface area (Å²) >= 11 is 0. The van der Waals surface area contributed by atoms with Gasteiger partial charge in [-0.2, -0.15) is 0 Å². The first-order valence-corrected chi connectivity index (χ1v) is 5.02. The van der Waals surface area contributed by atoms with Crippen molar-refractivity contribution in [3.63, 3.8) is 0 Å². The van der Waals surface area contributed by atoms with E-state index in [1.54, 1.807) is 0 Å². The van der Waals surface area contributed by atoms with Crippen molar-refractivity contribution < 1.29 is 0 Å². The van der Waals surface area contributed by atoms with Crippen molar-refractivity contribution in [3.05, 3.63) is 36.0 Å². The van der Waals surface area contributed by atoms with Gasteiger partial charge in [-0.3, -0.25) is 0 Å². The molecule has 0 aromatic rings. The first-order chi connectivity index (χ1) is 6.33.